The Kier molecular flexibility index (Phi) is 8.18. The second-order valence-corrected chi connectivity index (χ2v) is 5.95. The number of sulfone groups is 1. The van der Waals surface area contributed by atoms with Crippen LogP contribution in [0.5, 0.6) is 0 Å². The Bertz CT molecular complexity index is 209. The lowest BCUT2D eigenvalue weighted by Crippen LogP contribution is -2.13. The van der Waals surface area contributed by atoms with Crippen LogP contribution in [0.1, 0.15) is 45.4 Å². The van der Waals surface area contributed by atoms with Crippen molar-refractivity contribution in [3.05, 3.63) is 0 Å². The van der Waals surface area contributed by atoms with E-state index in [4.69, 9.17) is 5.11 Å². The van der Waals surface area contributed by atoms with Crippen LogP contribution in [-0.2, 0) is 9.84 Å². The van der Waals surface area contributed by atoms with E-state index in [2.05, 4.69) is 6.92 Å². The maximum atomic E-state index is 11.2. The molecule has 1 N–H and O–H groups in total. The van der Waals surface area contributed by atoms with Gasteiger partial charge in [-0.05, 0) is 6.42 Å². The molecule has 0 radical (unpaired) electrons. The van der Waals surface area contributed by atoms with Crippen molar-refractivity contribution < 1.29 is 13.5 Å². The first-order valence-corrected chi connectivity index (χ1v) is 7.26. The first-order chi connectivity index (χ1) is 6.62. The molecule has 0 bridgehead atoms. The lowest BCUT2D eigenvalue weighted by molar-refractivity contribution is 0.319. The molecular weight excluding hydrogens is 200 g/mol. The van der Waals surface area contributed by atoms with Crippen LogP contribution in [0.15, 0.2) is 0 Å². The van der Waals surface area contributed by atoms with Crippen molar-refractivity contribution in [3.63, 3.8) is 0 Å². The summed E-state index contributed by atoms with van der Waals surface area (Å²) in [7, 11) is -2.97. The van der Waals surface area contributed by atoms with Gasteiger partial charge in [-0.1, -0.05) is 39.0 Å². The summed E-state index contributed by atoms with van der Waals surface area (Å²) >= 11 is 0. The third-order valence-corrected chi connectivity index (χ3v) is 3.93. The highest BCUT2D eigenvalue weighted by Gasteiger charge is 2.08. The van der Waals surface area contributed by atoms with E-state index in [0.717, 1.165) is 19.3 Å². The minimum atomic E-state index is -2.97. The minimum Gasteiger partial charge on any atom is -0.395 e. The van der Waals surface area contributed by atoms with E-state index in [1.165, 1.54) is 19.3 Å². The molecule has 0 heterocycles. The van der Waals surface area contributed by atoms with E-state index >= 15 is 0 Å². The summed E-state index contributed by atoms with van der Waals surface area (Å²) in [4.78, 5) is 0. The van der Waals surface area contributed by atoms with Crippen molar-refractivity contribution in [2.75, 3.05) is 18.1 Å². The Hall–Kier alpha value is -0.0900. The van der Waals surface area contributed by atoms with Gasteiger partial charge >= 0.3 is 0 Å². The minimum absolute atomic E-state index is 0.0814. The van der Waals surface area contributed by atoms with Gasteiger partial charge in [0.15, 0.2) is 9.84 Å². The van der Waals surface area contributed by atoms with Crippen LogP contribution in [0, 0.1) is 0 Å². The lowest BCUT2D eigenvalue weighted by Gasteiger charge is -2.02. The quantitative estimate of drug-likeness (QED) is 0.605. The number of aliphatic hydroxyl groups excluding tert-OH is 1. The summed E-state index contributed by atoms with van der Waals surface area (Å²) in [6.07, 6.45) is 6.52. The fourth-order valence-electron chi connectivity index (χ4n) is 1.34. The number of hydrogen-bond acceptors (Lipinski definition) is 3. The Morgan fingerprint density at radius 3 is 2.07 bits per heavy atom. The summed E-state index contributed by atoms with van der Waals surface area (Å²) in [6.45, 7) is 1.91. The standard InChI is InChI=1S/C10H22O3S/c1-2-3-4-5-6-7-9-14(12,13)10-8-11/h11H,2-10H2,1H3. The molecule has 0 aromatic carbocycles. The van der Waals surface area contributed by atoms with Crippen molar-refractivity contribution in [3.8, 4) is 0 Å². The summed E-state index contributed by atoms with van der Waals surface area (Å²) in [5.74, 6) is 0.154. The van der Waals surface area contributed by atoms with E-state index < -0.39 is 9.84 Å². The van der Waals surface area contributed by atoms with Gasteiger partial charge in [0.25, 0.3) is 0 Å². The van der Waals surface area contributed by atoms with Gasteiger partial charge in [0.05, 0.1) is 18.1 Å². The predicted octanol–water partition coefficient (Wildman–Crippen LogP) is 1.75. The van der Waals surface area contributed by atoms with Crippen LogP contribution in [0.4, 0.5) is 0 Å². The zero-order valence-electron chi connectivity index (χ0n) is 9.04. The average Bonchev–Trinajstić information content (AvgIpc) is 2.11. The molecule has 0 rings (SSSR count). The zero-order chi connectivity index (χ0) is 10.9. The van der Waals surface area contributed by atoms with E-state index in [9.17, 15) is 8.42 Å². The van der Waals surface area contributed by atoms with E-state index in [1.807, 2.05) is 0 Å². The Balaban J connectivity index is 3.35. The SMILES string of the molecule is CCCCCCCCS(=O)(=O)CCO. The summed E-state index contributed by atoms with van der Waals surface area (Å²) < 4.78 is 22.3. The van der Waals surface area contributed by atoms with Gasteiger partial charge in [-0.2, -0.15) is 0 Å². The normalized spacial score (nSPS) is 11.9. The maximum absolute atomic E-state index is 11.2. The molecule has 0 aliphatic heterocycles. The molecule has 0 aliphatic rings. The maximum Gasteiger partial charge on any atom is 0.152 e. The van der Waals surface area contributed by atoms with Crippen LogP contribution >= 0.6 is 0 Å². The second kappa shape index (κ2) is 8.24. The number of rotatable bonds is 9. The molecule has 0 atom stereocenters. The largest absolute Gasteiger partial charge is 0.395 e. The highest BCUT2D eigenvalue weighted by atomic mass is 32.2. The molecule has 0 fully saturated rings. The molecule has 0 saturated heterocycles. The van der Waals surface area contributed by atoms with E-state index in [-0.39, 0.29) is 18.1 Å². The van der Waals surface area contributed by atoms with Gasteiger partial charge in [0.1, 0.15) is 0 Å². The van der Waals surface area contributed by atoms with E-state index in [0.29, 0.717) is 0 Å². The van der Waals surface area contributed by atoms with Crippen molar-refractivity contribution in [2.24, 2.45) is 0 Å². The molecule has 14 heavy (non-hydrogen) atoms. The number of aliphatic hydroxyl groups is 1. The zero-order valence-corrected chi connectivity index (χ0v) is 9.85. The van der Waals surface area contributed by atoms with Crippen molar-refractivity contribution in [2.45, 2.75) is 45.4 Å². The van der Waals surface area contributed by atoms with Crippen LogP contribution < -0.4 is 0 Å². The molecular formula is C10H22O3S. The number of unbranched alkanes of at least 4 members (excludes halogenated alkanes) is 5. The molecule has 4 heteroatoms. The molecule has 0 unspecified atom stereocenters. The van der Waals surface area contributed by atoms with Gasteiger partial charge in [0.2, 0.25) is 0 Å². The summed E-state index contributed by atoms with van der Waals surface area (Å²) in [5, 5.41) is 8.50. The van der Waals surface area contributed by atoms with Gasteiger partial charge in [-0.25, -0.2) is 8.42 Å². The van der Waals surface area contributed by atoms with Crippen LogP contribution in [0.3, 0.4) is 0 Å². The molecule has 0 saturated carbocycles. The number of hydrogen-bond donors (Lipinski definition) is 1. The van der Waals surface area contributed by atoms with Gasteiger partial charge in [0, 0.05) is 0 Å². The van der Waals surface area contributed by atoms with Gasteiger partial charge < -0.3 is 5.11 Å². The lowest BCUT2D eigenvalue weighted by atomic mass is 10.1. The fraction of sp³-hybridized carbons (Fsp3) is 1.00. The topological polar surface area (TPSA) is 54.4 Å². The van der Waals surface area contributed by atoms with Crippen LogP contribution in [-0.4, -0.2) is 31.6 Å². The molecule has 0 aromatic rings. The fourth-order valence-corrected chi connectivity index (χ4v) is 2.47. The molecule has 0 spiro atoms. The van der Waals surface area contributed by atoms with Crippen molar-refractivity contribution >= 4 is 9.84 Å². The first-order valence-electron chi connectivity index (χ1n) is 5.43. The van der Waals surface area contributed by atoms with Crippen LogP contribution in [0.25, 0.3) is 0 Å². The highest BCUT2D eigenvalue weighted by Crippen LogP contribution is 2.06. The monoisotopic (exact) mass is 222 g/mol. The van der Waals surface area contributed by atoms with Gasteiger partial charge in [-0.3, -0.25) is 0 Å². The average molecular weight is 222 g/mol. The highest BCUT2D eigenvalue weighted by molar-refractivity contribution is 7.91. The molecule has 3 nitrogen and oxygen atoms in total. The molecule has 0 amide bonds. The van der Waals surface area contributed by atoms with E-state index in [1.54, 1.807) is 0 Å². The smallest absolute Gasteiger partial charge is 0.152 e. The third-order valence-electron chi connectivity index (χ3n) is 2.21. The third kappa shape index (κ3) is 8.51. The molecule has 0 aliphatic carbocycles. The molecule has 86 valence electrons. The van der Waals surface area contributed by atoms with Crippen LogP contribution in [0.2, 0.25) is 0 Å². The summed E-state index contributed by atoms with van der Waals surface area (Å²) in [6, 6.07) is 0. The Morgan fingerprint density at radius 2 is 1.50 bits per heavy atom. The van der Waals surface area contributed by atoms with Gasteiger partial charge in [-0.15, -0.1) is 0 Å². The van der Waals surface area contributed by atoms with Crippen molar-refractivity contribution in [1.29, 1.82) is 0 Å². The Morgan fingerprint density at radius 1 is 0.929 bits per heavy atom. The predicted molar refractivity (Wildman–Crippen MR) is 59.1 cm³/mol. The second-order valence-electron chi connectivity index (χ2n) is 3.64. The molecule has 0 aromatic heterocycles. The van der Waals surface area contributed by atoms with Crippen molar-refractivity contribution in [1.82, 2.24) is 0 Å². The Labute approximate surface area is 87.4 Å². The summed E-state index contributed by atoms with van der Waals surface area (Å²) in [5.41, 5.74) is 0. The first kappa shape index (κ1) is 13.9.